The maximum Gasteiger partial charge on any atom is 0.225 e. The molecule has 5 heteroatoms. The number of nitrogens with zero attached hydrogens (tertiary/aromatic N) is 2. The molecule has 2 heterocycles. The lowest BCUT2D eigenvalue weighted by atomic mass is 9.94. The summed E-state index contributed by atoms with van der Waals surface area (Å²) in [6.07, 6.45) is 5.84. The van der Waals surface area contributed by atoms with Crippen molar-refractivity contribution in [2.24, 2.45) is 13.0 Å². The van der Waals surface area contributed by atoms with E-state index in [1.165, 1.54) is 12.8 Å². The van der Waals surface area contributed by atoms with Gasteiger partial charge < -0.3 is 10.6 Å². The summed E-state index contributed by atoms with van der Waals surface area (Å²) in [5, 5.41) is 10.3. The number of piperidine rings is 1. The van der Waals surface area contributed by atoms with Gasteiger partial charge in [0.25, 0.3) is 0 Å². The molecule has 5 nitrogen and oxygen atoms in total. The van der Waals surface area contributed by atoms with Gasteiger partial charge in [-0.25, -0.2) is 0 Å². The molecule has 0 bridgehead atoms. The highest BCUT2D eigenvalue weighted by Gasteiger charge is 2.14. The van der Waals surface area contributed by atoms with Crippen molar-refractivity contribution in [3.8, 4) is 0 Å². The Morgan fingerprint density at radius 1 is 1.71 bits per heavy atom. The van der Waals surface area contributed by atoms with E-state index in [0.717, 1.165) is 19.5 Å². The van der Waals surface area contributed by atoms with Crippen molar-refractivity contribution < 1.29 is 4.79 Å². The van der Waals surface area contributed by atoms with Crippen LogP contribution < -0.4 is 10.6 Å². The number of nitrogens with one attached hydrogen (secondary N) is 2. The van der Waals surface area contributed by atoms with Gasteiger partial charge in [-0.15, -0.1) is 0 Å². The van der Waals surface area contributed by atoms with Crippen LogP contribution in [0.3, 0.4) is 0 Å². The molecular weight excluding hydrogens is 216 g/mol. The average Bonchev–Trinajstić information content (AvgIpc) is 2.73. The van der Waals surface area contributed by atoms with Crippen LogP contribution in [0.15, 0.2) is 12.3 Å². The second-order valence-electron chi connectivity index (χ2n) is 4.67. The molecule has 1 saturated heterocycles. The number of rotatable bonds is 4. The van der Waals surface area contributed by atoms with Crippen LogP contribution in [0.5, 0.6) is 0 Å². The van der Waals surface area contributed by atoms with Crippen LogP contribution in [0.4, 0.5) is 5.82 Å². The van der Waals surface area contributed by atoms with Gasteiger partial charge in [-0.3, -0.25) is 9.48 Å². The highest BCUT2D eigenvalue weighted by Crippen LogP contribution is 2.16. The van der Waals surface area contributed by atoms with Gasteiger partial charge in [0.1, 0.15) is 0 Å². The van der Waals surface area contributed by atoms with E-state index in [0.29, 0.717) is 18.2 Å². The summed E-state index contributed by atoms with van der Waals surface area (Å²) in [7, 11) is 1.84. The molecule has 1 aliphatic rings. The average molecular weight is 236 g/mol. The van der Waals surface area contributed by atoms with Crippen molar-refractivity contribution in [2.75, 3.05) is 18.4 Å². The van der Waals surface area contributed by atoms with Crippen molar-refractivity contribution in [1.29, 1.82) is 0 Å². The summed E-state index contributed by atoms with van der Waals surface area (Å²) >= 11 is 0. The lowest BCUT2D eigenvalue weighted by Crippen LogP contribution is -2.30. The van der Waals surface area contributed by atoms with Gasteiger partial charge in [0.15, 0.2) is 5.82 Å². The fourth-order valence-corrected chi connectivity index (χ4v) is 2.19. The molecule has 1 aliphatic heterocycles. The minimum Gasteiger partial charge on any atom is -0.316 e. The van der Waals surface area contributed by atoms with Crippen molar-refractivity contribution in [2.45, 2.75) is 25.7 Å². The molecule has 0 aliphatic carbocycles. The Kier molecular flexibility index (Phi) is 4.14. The predicted molar refractivity (Wildman–Crippen MR) is 66.7 cm³/mol. The Hall–Kier alpha value is -1.36. The Balaban J connectivity index is 1.70. The first kappa shape index (κ1) is 12.1. The monoisotopic (exact) mass is 236 g/mol. The van der Waals surface area contributed by atoms with Crippen LogP contribution >= 0.6 is 0 Å². The maximum absolute atomic E-state index is 11.7. The molecule has 0 radical (unpaired) electrons. The van der Waals surface area contributed by atoms with Gasteiger partial charge in [-0.05, 0) is 38.3 Å². The van der Waals surface area contributed by atoms with Crippen LogP contribution in [-0.4, -0.2) is 28.8 Å². The zero-order valence-corrected chi connectivity index (χ0v) is 10.3. The van der Waals surface area contributed by atoms with Crippen molar-refractivity contribution >= 4 is 11.7 Å². The van der Waals surface area contributed by atoms with Crippen LogP contribution in [0, 0.1) is 5.92 Å². The van der Waals surface area contributed by atoms with E-state index < -0.39 is 0 Å². The second kappa shape index (κ2) is 5.82. The molecule has 1 aromatic heterocycles. The van der Waals surface area contributed by atoms with E-state index >= 15 is 0 Å². The molecule has 1 unspecified atom stereocenters. The molecule has 0 spiro atoms. The highest BCUT2D eigenvalue weighted by atomic mass is 16.1. The van der Waals surface area contributed by atoms with E-state index in [4.69, 9.17) is 0 Å². The number of aromatic nitrogens is 2. The fourth-order valence-electron chi connectivity index (χ4n) is 2.19. The number of amides is 1. The third-order valence-corrected chi connectivity index (χ3v) is 3.16. The Morgan fingerprint density at radius 2 is 2.59 bits per heavy atom. The van der Waals surface area contributed by atoms with Gasteiger partial charge in [0, 0.05) is 25.7 Å². The molecule has 0 aromatic carbocycles. The SMILES string of the molecule is Cn1ccc(NC(=O)CCC2CCCNC2)n1. The molecule has 2 N–H and O–H groups in total. The predicted octanol–water partition coefficient (Wildman–Crippen LogP) is 1.14. The third-order valence-electron chi connectivity index (χ3n) is 3.16. The quantitative estimate of drug-likeness (QED) is 0.824. The maximum atomic E-state index is 11.7. The van der Waals surface area contributed by atoms with Gasteiger partial charge in [-0.1, -0.05) is 0 Å². The fraction of sp³-hybridized carbons (Fsp3) is 0.667. The summed E-state index contributed by atoms with van der Waals surface area (Å²) in [4.78, 5) is 11.7. The first-order valence-electron chi connectivity index (χ1n) is 6.24. The molecule has 0 saturated carbocycles. The molecule has 2 rings (SSSR count). The van der Waals surface area contributed by atoms with Crippen LogP contribution in [0.1, 0.15) is 25.7 Å². The van der Waals surface area contributed by atoms with Gasteiger partial charge in [-0.2, -0.15) is 5.10 Å². The number of hydrogen-bond acceptors (Lipinski definition) is 3. The van der Waals surface area contributed by atoms with Crippen LogP contribution in [-0.2, 0) is 11.8 Å². The number of hydrogen-bond donors (Lipinski definition) is 2. The van der Waals surface area contributed by atoms with Crippen molar-refractivity contribution in [3.05, 3.63) is 12.3 Å². The van der Waals surface area contributed by atoms with Crippen molar-refractivity contribution in [3.63, 3.8) is 0 Å². The zero-order chi connectivity index (χ0) is 12.1. The lowest BCUT2D eigenvalue weighted by molar-refractivity contribution is -0.116. The summed E-state index contributed by atoms with van der Waals surface area (Å²) in [5.41, 5.74) is 0. The second-order valence-corrected chi connectivity index (χ2v) is 4.67. The Morgan fingerprint density at radius 3 is 3.24 bits per heavy atom. The van der Waals surface area contributed by atoms with Crippen LogP contribution in [0.25, 0.3) is 0 Å². The molecule has 1 atom stereocenters. The van der Waals surface area contributed by atoms with E-state index in [1.807, 2.05) is 13.2 Å². The lowest BCUT2D eigenvalue weighted by Gasteiger charge is -2.22. The Labute approximate surface area is 102 Å². The largest absolute Gasteiger partial charge is 0.316 e. The third kappa shape index (κ3) is 3.85. The molecule has 1 aromatic rings. The molecule has 1 amide bonds. The Bertz CT molecular complexity index is 368. The molecule has 94 valence electrons. The first-order chi connectivity index (χ1) is 8.24. The number of carbonyl (C=O) groups excluding carboxylic acids is 1. The summed E-state index contributed by atoms with van der Waals surface area (Å²) in [6.45, 7) is 2.17. The topological polar surface area (TPSA) is 59.0 Å². The summed E-state index contributed by atoms with van der Waals surface area (Å²) in [6, 6.07) is 1.81. The smallest absolute Gasteiger partial charge is 0.225 e. The van der Waals surface area contributed by atoms with E-state index in [-0.39, 0.29) is 5.91 Å². The standard InChI is InChI=1S/C12H20N4O/c1-16-8-6-11(15-16)14-12(17)5-4-10-3-2-7-13-9-10/h6,8,10,13H,2-5,7,9H2,1H3,(H,14,15,17). The molecule has 1 fully saturated rings. The summed E-state index contributed by atoms with van der Waals surface area (Å²) in [5.74, 6) is 1.35. The zero-order valence-electron chi connectivity index (χ0n) is 10.3. The van der Waals surface area contributed by atoms with Gasteiger partial charge in [0.05, 0.1) is 0 Å². The minimum atomic E-state index is 0.0641. The number of carbonyl (C=O) groups is 1. The normalized spacial score (nSPS) is 20.2. The summed E-state index contributed by atoms with van der Waals surface area (Å²) < 4.78 is 1.68. The first-order valence-corrected chi connectivity index (χ1v) is 6.24. The highest BCUT2D eigenvalue weighted by molar-refractivity contribution is 5.89. The van der Waals surface area contributed by atoms with Gasteiger partial charge in [0.2, 0.25) is 5.91 Å². The van der Waals surface area contributed by atoms with E-state index in [9.17, 15) is 4.79 Å². The molecule has 17 heavy (non-hydrogen) atoms. The molecular formula is C12H20N4O. The van der Waals surface area contributed by atoms with E-state index in [1.54, 1.807) is 10.7 Å². The number of aryl methyl sites for hydroxylation is 1. The van der Waals surface area contributed by atoms with Crippen molar-refractivity contribution in [1.82, 2.24) is 15.1 Å². The van der Waals surface area contributed by atoms with E-state index in [2.05, 4.69) is 15.7 Å². The number of anilines is 1. The van der Waals surface area contributed by atoms with Crippen LogP contribution in [0.2, 0.25) is 0 Å². The minimum absolute atomic E-state index is 0.0641. The van der Waals surface area contributed by atoms with Gasteiger partial charge >= 0.3 is 0 Å².